The standard InChI is InChI=1S/C29H24N2/c1-5-13-24(14-6-1)21-31-22-28(30-23-31)29(25-15-7-2-8-16-25,26-17-9-3-10-18-26)27-19-11-4-12-20-27/h1-20,22-23H,21H2. The second-order valence-electron chi connectivity index (χ2n) is 7.76. The summed E-state index contributed by atoms with van der Waals surface area (Å²) in [6.07, 6.45) is 4.14. The fourth-order valence-electron chi connectivity index (χ4n) is 4.44. The van der Waals surface area contributed by atoms with Crippen molar-refractivity contribution in [1.82, 2.24) is 9.55 Å². The molecule has 0 aliphatic rings. The Morgan fingerprint density at radius 3 is 1.42 bits per heavy atom. The summed E-state index contributed by atoms with van der Waals surface area (Å²) in [6, 6.07) is 42.6. The van der Waals surface area contributed by atoms with Crippen molar-refractivity contribution >= 4 is 0 Å². The Kier molecular flexibility index (Phi) is 5.20. The normalized spacial score (nSPS) is 11.4. The van der Waals surface area contributed by atoms with Gasteiger partial charge in [-0.3, -0.25) is 0 Å². The molecule has 0 unspecified atom stereocenters. The number of benzene rings is 4. The average molecular weight is 401 g/mol. The smallest absolute Gasteiger partial charge is 0.0953 e. The third kappa shape index (κ3) is 3.57. The summed E-state index contributed by atoms with van der Waals surface area (Å²) in [5.74, 6) is 0. The number of hydrogen-bond donors (Lipinski definition) is 0. The number of rotatable bonds is 6. The van der Waals surface area contributed by atoms with Gasteiger partial charge in [0.05, 0.1) is 17.4 Å². The van der Waals surface area contributed by atoms with Crippen LogP contribution in [-0.4, -0.2) is 9.55 Å². The molecule has 0 bridgehead atoms. The minimum Gasteiger partial charge on any atom is -0.333 e. The first-order valence-electron chi connectivity index (χ1n) is 10.6. The van der Waals surface area contributed by atoms with Gasteiger partial charge in [0, 0.05) is 12.7 Å². The van der Waals surface area contributed by atoms with Crippen molar-refractivity contribution in [2.45, 2.75) is 12.0 Å². The zero-order valence-corrected chi connectivity index (χ0v) is 17.3. The molecule has 5 rings (SSSR count). The van der Waals surface area contributed by atoms with E-state index in [-0.39, 0.29) is 0 Å². The Bertz CT molecular complexity index is 1130. The first-order chi connectivity index (χ1) is 15.4. The molecule has 0 saturated heterocycles. The Balaban J connectivity index is 1.73. The molecule has 0 aliphatic carbocycles. The van der Waals surface area contributed by atoms with Gasteiger partial charge < -0.3 is 4.57 Å². The van der Waals surface area contributed by atoms with Crippen LogP contribution in [0.15, 0.2) is 134 Å². The van der Waals surface area contributed by atoms with E-state index < -0.39 is 5.41 Å². The fourth-order valence-corrected chi connectivity index (χ4v) is 4.44. The first kappa shape index (κ1) is 19.1. The lowest BCUT2D eigenvalue weighted by atomic mass is 9.67. The Labute approximate surface area is 183 Å². The summed E-state index contributed by atoms with van der Waals surface area (Å²) in [5.41, 5.74) is 5.40. The van der Waals surface area contributed by atoms with Gasteiger partial charge in [-0.1, -0.05) is 121 Å². The van der Waals surface area contributed by atoms with Crippen molar-refractivity contribution < 1.29 is 0 Å². The maximum absolute atomic E-state index is 4.98. The van der Waals surface area contributed by atoms with E-state index >= 15 is 0 Å². The molecule has 0 saturated carbocycles. The van der Waals surface area contributed by atoms with Crippen LogP contribution < -0.4 is 0 Å². The molecular weight excluding hydrogens is 376 g/mol. The Morgan fingerprint density at radius 2 is 0.968 bits per heavy atom. The minimum absolute atomic E-state index is 0.494. The van der Waals surface area contributed by atoms with Crippen molar-refractivity contribution in [1.29, 1.82) is 0 Å². The molecule has 2 nitrogen and oxygen atoms in total. The molecule has 31 heavy (non-hydrogen) atoms. The van der Waals surface area contributed by atoms with E-state index in [1.807, 2.05) is 12.4 Å². The lowest BCUT2D eigenvalue weighted by Crippen LogP contribution is -2.31. The highest BCUT2D eigenvalue weighted by Gasteiger charge is 2.40. The van der Waals surface area contributed by atoms with Crippen molar-refractivity contribution in [3.8, 4) is 0 Å². The minimum atomic E-state index is -0.494. The van der Waals surface area contributed by atoms with Crippen LogP contribution in [0.3, 0.4) is 0 Å². The number of nitrogens with zero attached hydrogens (tertiary/aromatic N) is 2. The zero-order chi connectivity index (χ0) is 20.9. The molecule has 4 aromatic carbocycles. The number of aromatic nitrogens is 2. The Morgan fingerprint density at radius 1 is 0.548 bits per heavy atom. The van der Waals surface area contributed by atoms with Gasteiger partial charge in [0.25, 0.3) is 0 Å². The Hall–Kier alpha value is -3.91. The van der Waals surface area contributed by atoms with Gasteiger partial charge in [0.1, 0.15) is 0 Å². The number of hydrogen-bond acceptors (Lipinski definition) is 1. The third-order valence-electron chi connectivity index (χ3n) is 5.85. The quantitative estimate of drug-likeness (QED) is 0.305. The molecule has 5 aromatic rings. The summed E-state index contributed by atoms with van der Waals surface area (Å²) in [6.45, 7) is 0.794. The molecule has 0 N–H and O–H groups in total. The highest BCUT2D eigenvalue weighted by molar-refractivity contribution is 5.57. The molecular formula is C29H24N2. The van der Waals surface area contributed by atoms with Crippen LogP contribution in [0.25, 0.3) is 0 Å². The van der Waals surface area contributed by atoms with E-state index in [2.05, 4.69) is 126 Å². The summed E-state index contributed by atoms with van der Waals surface area (Å²) in [7, 11) is 0. The van der Waals surface area contributed by atoms with Crippen LogP contribution >= 0.6 is 0 Å². The van der Waals surface area contributed by atoms with Crippen LogP contribution in [0.2, 0.25) is 0 Å². The van der Waals surface area contributed by atoms with Gasteiger partial charge in [-0.15, -0.1) is 0 Å². The molecule has 0 spiro atoms. The van der Waals surface area contributed by atoms with Crippen LogP contribution in [0.5, 0.6) is 0 Å². The first-order valence-corrected chi connectivity index (χ1v) is 10.6. The van der Waals surface area contributed by atoms with E-state index in [0.29, 0.717) is 0 Å². The molecule has 150 valence electrons. The van der Waals surface area contributed by atoms with Gasteiger partial charge >= 0.3 is 0 Å². The molecule has 2 heteroatoms. The predicted octanol–water partition coefficient (Wildman–Crippen LogP) is 6.31. The summed E-state index contributed by atoms with van der Waals surface area (Å²) in [5, 5.41) is 0. The van der Waals surface area contributed by atoms with Gasteiger partial charge in [0.15, 0.2) is 0 Å². The average Bonchev–Trinajstić information content (AvgIpc) is 3.31. The number of imidazole rings is 1. The van der Waals surface area contributed by atoms with Crippen LogP contribution in [0.4, 0.5) is 0 Å². The topological polar surface area (TPSA) is 17.8 Å². The van der Waals surface area contributed by atoms with E-state index in [4.69, 9.17) is 4.98 Å². The van der Waals surface area contributed by atoms with E-state index in [9.17, 15) is 0 Å². The monoisotopic (exact) mass is 400 g/mol. The zero-order valence-electron chi connectivity index (χ0n) is 17.3. The molecule has 0 radical (unpaired) electrons. The van der Waals surface area contributed by atoms with Crippen molar-refractivity contribution in [3.63, 3.8) is 0 Å². The molecule has 0 aliphatic heterocycles. The second-order valence-corrected chi connectivity index (χ2v) is 7.76. The maximum Gasteiger partial charge on any atom is 0.0953 e. The molecule has 1 aromatic heterocycles. The molecule has 0 amide bonds. The van der Waals surface area contributed by atoms with Crippen LogP contribution in [-0.2, 0) is 12.0 Å². The third-order valence-corrected chi connectivity index (χ3v) is 5.85. The van der Waals surface area contributed by atoms with E-state index in [1.165, 1.54) is 22.3 Å². The molecule has 0 atom stereocenters. The van der Waals surface area contributed by atoms with E-state index in [0.717, 1.165) is 12.2 Å². The second kappa shape index (κ2) is 8.45. The summed E-state index contributed by atoms with van der Waals surface area (Å²) >= 11 is 0. The van der Waals surface area contributed by atoms with Crippen LogP contribution in [0, 0.1) is 0 Å². The largest absolute Gasteiger partial charge is 0.333 e. The van der Waals surface area contributed by atoms with Gasteiger partial charge in [0.2, 0.25) is 0 Å². The molecule has 0 fully saturated rings. The maximum atomic E-state index is 4.98. The van der Waals surface area contributed by atoms with Gasteiger partial charge in [-0.25, -0.2) is 4.98 Å². The summed E-state index contributed by atoms with van der Waals surface area (Å²) in [4.78, 5) is 4.98. The molecule has 1 heterocycles. The predicted molar refractivity (Wildman–Crippen MR) is 126 cm³/mol. The van der Waals surface area contributed by atoms with Gasteiger partial charge in [-0.2, -0.15) is 0 Å². The van der Waals surface area contributed by atoms with Crippen molar-refractivity contribution in [2.75, 3.05) is 0 Å². The van der Waals surface area contributed by atoms with Gasteiger partial charge in [-0.05, 0) is 22.3 Å². The lowest BCUT2D eigenvalue weighted by molar-refractivity contribution is 0.716. The SMILES string of the molecule is c1ccc(Cn2cnc(C(c3ccccc3)(c3ccccc3)c3ccccc3)c2)cc1. The van der Waals surface area contributed by atoms with Crippen molar-refractivity contribution in [2.24, 2.45) is 0 Å². The van der Waals surface area contributed by atoms with Crippen molar-refractivity contribution in [3.05, 3.63) is 162 Å². The van der Waals surface area contributed by atoms with Crippen LogP contribution in [0.1, 0.15) is 27.9 Å². The fraction of sp³-hybridized carbons (Fsp3) is 0.0690. The highest BCUT2D eigenvalue weighted by Crippen LogP contribution is 2.44. The van der Waals surface area contributed by atoms with E-state index in [1.54, 1.807) is 0 Å². The lowest BCUT2D eigenvalue weighted by Gasteiger charge is -2.34. The highest BCUT2D eigenvalue weighted by atomic mass is 15.0. The summed E-state index contributed by atoms with van der Waals surface area (Å²) < 4.78 is 2.17.